The third-order valence-electron chi connectivity index (χ3n) is 2.83. The molecule has 15 heavy (non-hydrogen) atoms. The summed E-state index contributed by atoms with van der Waals surface area (Å²) in [6.07, 6.45) is 2.87. The standard InChI is InChI=1S/C11H19NO3/c1-7(2)12-10(13)8-4-3-5-9(6-8)11(14)15/h7-9H,3-6H2,1-2H3,(H,12,13)(H,14,15). The summed E-state index contributed by atoms with van der Waals surface area (Å²) >= 11 is 0. The fraction of sp³-hybridized carbons (Fsp3) is 0.818. The van der Waals surface area contributed by atoms with Crippen LogP contribution in [0.1, 0.15) is 39.5 Å². The Bertz CT molecular complexity index is 250. The van der Waals surface area contributed by atoms with Crippen molar-refractivity contribution in [1.82, 2.24) is 5.32 Å². The molecule has 0 heterocycles. The van der Waals surface area contributed by atoms with Crippen molar-refractivity contribution in [3.63, 3.8) is 0 Å². The Morgan fingerprint density at radius 2 is 1.87 bits per heavy atom. The third-order valence-corrected chi connectivity index (χ3v) is 2.83. The highest BCUT2D eigenvalue weighted by molar-refractivity contribution is 5.80. The number of nitrogens with one attached hydrogen (secondary N) is 1. The van der Waals surface area contributed by atoms with Crippen LogP contribution in [0, 0.1) is 11.8 Å². The Morgan fingerprint density at radius 1 is 1.27 bits per heavy atom. The van der Waals surface area contributed by atoms with Crippen LogP contribution in [0.3, 0.4) is 0 Å². The summed E-state index contributed by atoms with van der Waals surface area (Å²) < 4.78 is 0. The molecule has 1 aliphatic rings. The molecule has 1 rings (SSSR count). The largest absolute Gasteiger partial charge is 0.481 e. The highest BCUT2D eigenvalue weighted by Gasteiger charge is 2.30. The average Bonchev–Trinajstić information content (AvgIpc) is 2.17. The first kappa shape index (κ1) is 12.0. The predicted octanol–water partition coefficient (Wildman–Crippen LogP) is 1.40. The number of carbonyl (C=O) groups is 2. The molecule has 0 aromatic carbocycles. The number of rotatable bonds is 3. The molecular weight excluding hydrogens is 194 g/mol. The highest BCUT2D eigenvalue weighted by atomic mass is 16.4. The van der Waals surface area contributed by atoms with Gasteiger partial charge in [-0.3, -0.25) is 9.59 Å². The zero-order chi connectivity index (χ0) is 11.4. The van der Waals surface area contributed by atoms with Crippen molar-refractivity contribution in [3.05, 3.63) is 0 Å². The van der Waals surface area contributed by atoms with Gasteiger partial charge in [-0.15, -0.1) is 0 Å². The van der Waals surface area contributed by atoms with Gasteiger partial charge in [0, 0.05) is 12.0 Å². The van der Waals surface area contributed by atoms with Crippen molar-refractivity contribution < 1.29 is 14.7 Å². The number of aliphatic carboxylic acids is 1. The molecule has 0 radical (unpaired) electrons. The summed E-state index contributed by atoms with van der Waals surface area (Å²) in [5, 5.41) is 11.7. The maximum Gasteiger partial charge on any atom is 0.306 e. The van der Waals surface area contributed by atoms with E-state index in [1.807, 2.05) is 13.8 Å². The lowest BCUT2D eigenvalue weighted by Gasteiger charge is -2.26. The van der Waals surface area contributed by atoms with Crippen molar-refractivity contribution in [3.8, 4) is 0 Å². The van der Waals surface area contributed by atoms with E-state index in [4.69, 9.17) is 5.11 Å². The van der Waals surface area contributed by atoms with Gasteiger partial charge in [0.25, 0.3) is 0 Å². The van der Waals surface area contributed by atoms with Gasteiger partial charge in [0.2, 0.25) is 5.91 Å². The van der Waals surface area contributed by atoms with Crippen molar-refractivity contribution in [2.75, 3.05) is 0 Å². The molecule has 2 N–H and O–H groups in total. The topological polar surface area (TPSA) is 66.4 Å². The normalized spacial score (nSPS) is 26.3. The molecule has 2 atom stereocenters. The molecule has 2 unspecified atom stereocenters. The van der Waals surface area contributed by atoms with Crippen LogP contribution in [0.15, 0.2) is 0 Å². The minimum absolute atomic E-state index is 0.0101. The molecule has 4 nitrogen and oxygen atoms in total. The van der Waals surface area contributed by atoms with Crippen molar-refractivity contribution >= 4 is 11.9 Å². The van der Waals surface area contributed by atoms with E-state index in [0.29, 0.717) is 12.8 Å². The second-order valence-electron chi connectivity index (χ2n) is 4.56. The lowest BCUT2D eigenvalue weighted by molar-refractivity contribution is -0.144. The smallest absolute Gasteiger partial charge is 0.306 e. The van der Waals surface area contributed by atoms with Gasteiger partial charge in [0.15, 0.2) is 0 Å². The number of hydrogen-bond acceptors (Lipinski definition) is 2. The Kier molecular flexibility index (Phi) is 4.12. The van der Waals surface area contributed by atoms with E-state index in [2.05, 4.69) is 5.32 Å². The predicted molar refractivity (Wildman–Crippen MR) is 56.4 cm³/mol. The summed E-state index contributed by atoms with van der Waals surface area (Å²) in [7, 11) is 0. The Morgan fingerprint density at radius 3 is 2.40 bits per heavy atom. The van der Waals surface area contributed by atoms with Gasteiger partial charge in [-0.2, -0.15) is 0 Å². The van der Waals surface area contributed by atoms with E-state index in [9.17, 15) is 9.59 Å². The van der Waals surface area contributed by atoms with Crippen LogP contribution in [0.25, 0.3) is 0 Å². The molecule has 0 spiro atoms. The van der Waals surface area contributed by atoms with Crippen LogP contribution in [0.4, 0.5) is 0 Å². The van der Waals surface area contributed by atoms with E-state index in [1.54, 1.807) is 0 Å². The zero-order valence-electron chi connectivity index (χ0n) is 9.32. The van der Waals surface area contributed by atoms with Gasteiger partial charge < -0.3 is 10.4 Å². The maximum absolute atomic E-state index is 11.7. The molecule has 0 saturated heterocycles. The molecule has 0 bridgehead atoms. The number of carboxylic acid groups (broad SMARTS) is 1. The maximum atomic E-state index is 11.7. The highest BCUT2D eigenvalue weighted by Crippen LogP contribution is 2.29. The lowest BCUT2D eigenvalue weighted by atomic mass is 9.81. The summed E-state index contributed by atoms with van der Waals surface area (Å²) in [6, 6.07) is 0.128. The van der Waals surface area contributed by atoms with E-state index >= 15 is 0 Å². The second kappa shape index (κ2) is 5.14. The molecule has 1 amide bonds. The van der Waals surface area contributed by atoms with E-state index in [0.717, 1.165) is 12.8 Å². The van der Waals surface area contributed by atoms with Crippen molar-refractivity contribution in [2.45, 2.75) is 45.6 Å². The average molecular weight is 213 g/mol. The Labute approximate surface area is 90.0 Å². The second-order valence-corrected chi connectivity index (χ2v) is 4.56. The van der Waals surface area contributed by atoms with E-state index in [1.165, 1.54) is 0 Å². The molecule has 0 aromatic heterocycles. The molecule has 1 fully saturated rings. The first-order chi connectivity index (χ1) is 7.00. The molecular formula is C11H19NO3. The fourth-order valence-electron chi connectivity index (χ4n) is 2.05. The fourth-order valence-corrected chi connectivity index (χ4v) is 2.05. The number of carboxylic acids is 1. The summed E-state index contributed by atoms with van der Waals surface area (Å²) in [5.41, 5.74) is 0. The molecule has 1 aliphatic carbocycles. The SMILES string of the molecule is CC(C)NC(=O)C1CCCC(C(=O)O)C1. The van der Waals surface area contributed by atoms with Gasteiger partial charge in [-0.05, 0) is 33.1 Å². The minimum Gasteiger partial charge on any atom is -0.481 e. The van der Waals surface area contributed by atoms with E-state index in [-0.39, 0.29) is 23.8 Å². The molecule has 0 aromatic rings. The monoisotopic (exact) mass is 213 g/mol. The molecule has 0 aliphatic heterocycles. The van der Waals surface area contributed by atoms with Crippen LogP contribution in [-0.2, 0) is 9.59 Å². The van der Waals surface area contributed by atoms with Crippen LogP contribution in [-0.4, -0.2) is 23.0 Å². The molecule has 4 heteroatoms. The number of carbonyl (C=O) groups excluding carboxylic acids is 1. The summed E-state index contributed by atoms with van der Waals surface area (Å²) in [5.74, 6) is -1.20. The molecule has 86 valence electrons. The minimum atomic E-state index is -0.767. The van der Waals surface area contributed by atoms with Gasteiger partial charge >= 0.3 is 5.97 Å². The van der Waals surface area contributed by atoms with Crippen LogP contribution in [0.5, 0.6) is 0 Å². The quantitative estimate of drug-likeness (QED) is 0.744. The van der Waals surface area contributed by atoms with Crippen LogP contribution < -0.4 is 5.32 Å². The van der Waals surface area contributed by atoms with Gasteiger partial charge in [0.05, 0.1) is 5.92 Å². The van der Waals surface area contributed by atoms with Crippen LogP contribution >= 0.6 is 0 Å². The lowest BCUT2D eigenvalue weighted by Crippen LogP contribution is -2.38. The Balaban J connectivity index is 2.48. The van der Waals surface area contributed by atoms with Crippen molar-refractivity contribution in [1.29, 1.82) is 0 Å². The first-order valence-electron chi connectivity index (χ1n) is 5.54. The third kappa shape index (κ3) is 3.53. The summed E-state index contributed by atoms with van der Waals surface area (Å²) in [6.45, 7) is 3.82. The Hall–Kier alpha value is -1.06. The van der Waals surface area contributed by atoms with Gasteiger partial charge in [0.1, 0.15) is 0 Å². The van der Waals surface area contributed by atoms with Gasteiger partial charge in [-0.1, -0.05) is 6.42 Å². The number of amides is 1. The van der Waals surface area contributed by atoms with Gasteiger partial charge in [-0.25, -0.2) is 0 Å². The first-order valence-corrected chi connectivity index (χ1v) is 5.54. The van der Waals surface area contributed by atoms with E-state index < -0.39 is 5.97 Å². The number of hydrogen-bond donors (Lipinski definition) is 2. The zero-order valence-corrected chi connectivity index (χ0v) is 9.32. The van der Waals surface area contributed by atoms with Crippen molar-refractivity contribution in [2.24, 2.45) is 11.8 Å². The summed E-state index contributed by atoms with van der Waals surface area (Å²) in [4.78, 5) is 22.5. The molecule has 1 saturated carbocycles. The van der Waals surface area contributed by atoms with Crippen LogP contribution in [0.2, 0.25) is 0 Å².